The van der Waals surface area contributed by atoms with Gasteiger partial charge < -0.3 is 10.6 Å². The van der Waals surface area contributed by atoms with Crippen molar-refractivity contribution in [3.63, 3.8) is 0 Å². The minimum absolute atomic E-state index is 0.198. The molecule has 0 aliphatic carbocycles. The average Bonchev–Trinajstić information content (AvgIpc) is 2.23. The van der Waals surface area contributed by atoms with E-state index >= 15 is 0 Å². The molecule has 0 atom stereocenters. The maximum absolute atomic E-state index is 3.47. The lowest BCUT2D eigenvalue weighted by Crippen LogP contribution is -2.38. The van der Waals surface area contributed by atoms with Crippen LogP contribution in [-0.4, -0.2) is 18.6 Å². The molecule has 0 aliphatic heterocycles. The summed E-state index contributed by atoms with van der Waals surface area (Å²) in [6.45, 7) is 12.9. The lowest BCUT2D eigenvalue weighted by atomic mass is 10.1. The number of hydrogen-bond donors (Lipinski definition) is 2. The Morgan fingerprint density at radius 2 is 1.82 bits per heavy atom. The minimum Gasteiger partial charge on any atom is -0.384 e. The van der Waals surface area contributed by atoms with Crippen LogP contribution in [0.25, 0.3) is 0 Å². The molecular formula is C15H26N2. The van der Waals surface area contributed by atoms with Gasteiger partial charge in [-0.25, -0.2) is 0 Å². The van der Waals surface area contributed by atoms with Crippen LogP contribution >= 0.6 is 0 Å². The minimum atomic E-state index is 0.198. The first-order chi connectivity index (χ1) is 7.92. The van der Waals surface area contributed by atoms with Crippen molar-refractivity contribution in [2.45, 2.75) is 46.6 Å². The van der Waals surface area contributed by atoms with Gasteiger partial charge in [-0.1, -0.05) is 13.0 Å². The molecule has 0 saturated heterocycles. The molecule has 2 N–H and O–H groups in total. The average molecular weight is 234 g/mol. The molecule has 0 spiro atoms. The molecule has 0 radical (unpaired) electrons. The van der Waals surface area contributed by atoms with Crippen molar-refractivity contribution in [3.05, 3.63) is 29.3 Å². The Kier molecular flexibility index (Phi) is 5.01. The van der Waals surface area contributed by atoms with Crippen LogP contribution < -0.4 is 10.6 Å². The largest absolute Gasteiger partial charge is 0.384 e. The molecule has 0 unspecified atom stereocenters. The van der Waals surface area contributed by atoms with Crippen molar-refractivity contribution in [2.75, 3.05) is 18.4 Å². The zero-order valence-electron chi connectivity index (χ0n) is 11.9. The van der Waals surface area contributed by atoms with Crippen LogP contribution in [0.5, 0.6) is 0 Å². The summed E-state index contributed by atoms with van der Waals surface area (Å²) in [6.07, 6.45) is 1.11. The SMILES string of the molecule is CCc1ccc(NCCNC(C)(C)C)cc1C. The first-order valence-corrected chi connectivity index (χ1v) is 6.51. The van der Waals surface area contributed by atoms with E-state index in [4.69, 9.17) is 0 Å². The van der Waals surface area contributed by atoms with Crippen molar-refractivity contribution in [2.24, 2.45) is 0 Å². The third-order valence-corrected chi connectivity index (χ3v) is 2.83. The quantitative estimate of drug-likeness (QED) is 0.763. The summed E-state index contributed by atoms with van der Waals surface area (Å²) in [7, 11) is 0. The van der Waals surface area contributed by atoms with Crippen molar-refractivity contribution < 1.29 is 0 Å². The molecule has 0 aromatic heterocycles. The Bertz CT molecular complexity index is 350. The molecule has 2 heteroatoms. The van der Waals surface area contributed by atoms with E-state index in [2.05, 4.69) is 63.5 Å². The summed E-state index contributed by atoms with van der Waals surface area (Å²) in [5, 5.41) is 6.91. The predicted molar refractivity (Wildman–Crippen MR) is 76.8 cm³/mol. The van der Waals surface area contributed by atoms with Gasteiger partial charge in [0.05, 0.1) is 0 Å². The van der Waals surface area contributed by atoms with E-state index in [1.54, 1.807) is 0 Å². The molecule has 0 fully saturated rings. The lowest BCUT2D eigenvalue weighted by Gasteiger charge is -2.20. The number of nitrogens with one attached hydrogen (secondary N) is 2. The van der Waals surface area contributed by atoms with Gasteiger partial charge in [-0.15, -0.1) is 0 Å². The fraction of sp³-hybridized carbons (Fsp3) is 0.600. The molecule has 0 saturated carbocycles. The van der Waals surface area contributed by atoms with E-state index < -0.39 is 0 Å². The zero-order chi connectivity index (χ0) is 12.9. The van der Waals surface area contributed by atoms with Crippen molar-refractivity contribution in [1.29, 1.82) is 0 Å². The van der Waals surface area contributed by atoms with Gasteiger partial charge in [0.2, 0.25) is 0 Å². The van der Waals surface area contributed by atoms with Gasteiger partial charge in [-0.3, -0.25) is 0 Å². The zero-order valence-corrected chi connectivity index (χ0v) is 11.9. The predicted octanol–water partition coefficient (Wildman–Crippen LogP) is 3.36. The highest BCUT2D eigenvalue weighted by Gasteiger charge is 2.07. The van der Waals surface area contributed by atoms with Crippen LogP contribution in [0.3, 0.4) is 0 Å². The second-order valence-corrected chi connectivity index (χ2v) is 5.60. The van der Waals surface area contributed by atoms with Gasteiger partial charge in [0.25, 0.3) is 0 Å². The van der Waals surface area contributed by atoms with E-state index in [-0.39, 0.29) is 5.54 Å². The highest BCUT2D eigenvalue weighted by Crippen LogP contribution is 2.15. The smallest absolute Gasteiger partial charge is 0.0343 e. The fourth-order valence-corrected chi connectivity index (χ4v) is 1.85. The van der Waals surface area contributed by atoms with E-state index in [1.165, 1.54) is 16.8 Å². The summed E-state index contributed by atoms with van der Waals surface area (Å²) in [6, 6.07) is 6.62. The van der Waals surface area contributed by atoms with E-state index in [0.717, 1.165) is 19.5 Å². The van der Waals surface area contributed by atoms with Gasteiger partial charge in [0.15, 0.2) is 0 Å². The molecule has 96 valence electrons. The molecule has 17 heavy (non-hydrogen) atoms. The summed E-state index contributed by atoms with van der Waals surface area (Å²) < 4.78 is 0. The Labute approximate surface area is 106 Å². The molecule has 0 amide bonds. The Hall–Kier alpha value is -1.02. The molecular weight excluding hydrogens is 208 g/mol. The Balaban J connectivity index is 2.40. The standard InChI is InChI=1S/C15H26N2/c1-6-13-7-8-14(11-12(13)2)16-9-10-17-15(3,4)5/h7-8,11,16-17H,6,9-10H2,1-5H3. The monoisotopic (exact) mass is 234 g/mol. The normalized spacial score (nSPS) is 11.6. The molecule has 0 aliphatic rings. The van der Waals surface area contributed by atoms with Gasteiger partial charge in [-0.05, 0) is 57.4 Å². The lowest BCUT2D eigenvalue weighted by molar-refractivity contribution is 0.435. The first kappa shape index (κ1) is 14.0. The second kappa shape index (κ2) is 6.06. The summed E-state index contributed by atoms with van der Waals surface area (Å²) in [5.74, 6) is 0. The fourth-order valence-electron chi connectivity index (χ4n) is 1.85. The van der Waals surface area contributed by atoms with Gasteiger partial charge in [0, 0.05) is 24.3 Å². The summed E-state index contributed by atoms with van der Waals surface area (Å²) in [4.78, 5) is 0. The third-order valence-electron chi connectivity index (χ3n) is 2.83. The highest BCUT2D eigenvalue weighted by atomic mass is 15.0. The van der Waals surface area contributed by atoms with Gasteiger partial charge in [0.1, 0.15) is 0 Å². The summed E-state index contributed by atoms with van der Waals surface area (Å²) >= 11 is 0. The van der Waals surface area contributed by atoms with Crippen LogP contribution in [0.4, 0.5) is 5.69 Å². The maximum atomic E-state index is 3.47. The number of aryl methyl sites for hydroxylation is 2. The van der Waals surface area contributed by atoms with Crippen molar-refractivity contribution in [1.82, 2.24) is 5.32 Å². The van der Waals surface area contributed by atoms with Crippen molar-refractivity contribution >= 4 is 5.69 Å². The Morgan fingerprint density at radius 3 is 2.35 bits per heavy atom. The van der Waals surface area contributed by atoms with Crippen LogP contribution in [0.2, 0.25) is 0 Å². The highest BCUT2D eigenvalue weighted by molar-refractivity contribution is 5.48. The summed E-state index contributed by atoms with van der Waals surface area (Å²) in [5.41, 5.74) is 4.23. The number of rotatable bonds is 5. The van der Waals surface area contributed by atoms with Crippen LogP contribution in [0, 0.1) is 6.92 Å². The Morgan fingerprint density at radius 1 is 1.12 bits per heavy atom. The van der Waals surface area contributed by atoms with E-state index in [0.29, 0.717) is 0 Å². The van der Waals surface area contributed by atoms with Crippen molar-refractivity contribution in [3.8, 4) is 0 Å². The molecule has 0 bridgehead atoms. The van der Waals surface area contributed by atoms with Gasteiger partial charge in [-0.2, -0.15) is 0 Å². The van der Waals surface area contributed by atoms with Gasteiger partial charge >= 0.3 is 0 Å². The number of hydrogen-bond acceptors (Lipinski definition) is 2. The number of benzene rings is 1. The molecule has 1 aromatic carbocycles. The molecule has 2 nitrogen and oxygen atoms in total. The molecule has 1 aromatic rings. The molecule has 1 rings (SSSR count). The number of anilines is 1. The van der Waals surface area contributed by atoms with Crippen LogP contribution in [0.15, 0.2) is 18.2 Å². The van der Waals surface area contributed by atoms with Crippen LogP contribution in [-0.2, 0) is 6.42 Å². The van der Waals surface area contributed by atoms with E-state index in [1.807, 2.05) is 0 Å². The first-order valence-electron chi connectivity index (χ1n) is 6.51. The van der Waals surface area contributed by atoms with Crippen LogP contribution in [0.1, 0.15) is 38.8 Å². The third kappa shape index (κ3) is 5.22. The molecule has 0 heterocycles. The maximum Gasteiger partial charge on any atom is 0.0343 e. The topological polar surface area (TPSA) is 24.1 Å². The van der Waals surface area contributed by atoms with E-state index in [9.17, 15) is 0 Å². The second-order valence-electron chi connectivity index (χ2n) is 5.60.